The highest BCUT2D eigenvalue weighted by Gasteiger charge is 2.73. The molecular weight excluding hydrogens is 130 g/mol. The van der Waals surface area contributed by atoms with Gasteiger partial charge in [0.2, 0.25) is 0 Å². The minimum atomic E-state index is -0.160. The number of ether oxygens (including phenoxy) is 1. The molecule has 3 heteroatoms. The predicted molar refractivity (Wildman–Crippen MR) is 35.7 cm³/mol. The van der Waals surface area contributed by atoms with Crippen molar-refractivity contribution in [2.75, 3.05) is 6.61 Å². The van der Waals surface area contributed by atoms with Crippen molar-refractivity contribution in [2.24, 2.45) is 0 Å². The number of carbonyl (C=O) groups is 1. The third-order valence-corrected chi connectivity index (χ3v) is 2.98. The lowest BCUT2D eigenvalue weighted by Crippen LogP contribution is -2.23. The molecule has 10 heavy (non-hydrogen) atoms. The van der Waals surface area contributed by atoms with Crippen LogP contribution in [-0.4, -0.2) is 28.7 Å². The number of cyclic esters (lactones) is 1. The van der Waals surface area contributed by atoms with Crippen LogP contribution < -0.4 is 0 Å². The summed E-state index contributed by atoms with van der Waals surface area (Å²) in [7, 11) is 0. The van der Waals surface area contributed by atoms with Crippen molar-refractivity contribution in [1.29, 1.82) is 0 Å². The third-order valence-electron chi connectivity index (χ3n) is 2.98. The average molecular weight is 141 g/mol. The Morgan fingerprint density at radius 3 is 2.30 bits per heavy atom. The molecule has 2 rings (SSSR count). The van der Waals surface area contributed by atoms with Crippen molar-refractivity contribution in [3.05, 3.63) is 0 Å². The van der Waals surface area contributed by atoms with Gasteiger partial charge in [0.1, 0.15) is 12.1 Å². The zero-order valence-electron chi connectivity index (χ0n) is 6.47. The third kappa shape index (κ3) is 0.358. The summed E-state index contributed by atoms with van der Waals surface area (Å²) in [6, 6.07) is 0. The molecule has 2 saturated heterocycles. The van der Waals surface area contributed by atoms with Crippen molar-refractivity contribution in [2.45, 2.75) is 31.8 Å². The van der Waals surface area contributed by atoms with E-state index in [1.807, 2.05) is 0 Å². The van der Waals surface area contributed by atoms with E-state index >= 15 is 0 Å². The second-order valence-electron chi connectivity index (χ2n) is 3.72. The molecule has 3 nitrogen and oxygen atoms in total. The van der Waals surface area contributed by atoms with E-state index in [1.54, 1.807) is 4.90 Å². The number of rotatable bonds is 0. The van der Waals surface area contributed by atoms with Crippen LogP contribution in [0.4, 0.5) is 4.79 Å². The molecule has 0 N–H and O–H groups in total. The van der Waals surface area contributed by atoms with E-state index in [0.717, 1.165) is 0 Å². The van der Waals surface area contributed by atoms with Gasteiger partial charge in [-0.2, -0.15) is 0 Å². The lowest BCUT2D eigenvalue weighted by molar-refractivity contribution is 0.146. The van der Waals surface area contributed by atoms with Crippen LogP contribution >= 0.6 is 0 Å². The first-order valence-corrected chi connectivity index (χ1v) is 3.47. The van der Waals surface area contributed by atoms with E-state index in [9.17, 15) is 4.79 Å². The molecule has 0 unspecified atom stereocenters. The van der Waals surface area contributed by atoms with E-state index in [4.69, 9.17) is 4.74 Å². The average Bonchev–Trinajstić information content (AvgIpc) is 2.16. The van der Waals surface area contributed by atoms with Gasteiger partial charge in [-0.1, -0.05) is 0 Å². The molecule has 0 aromatic rings. The number of hydrogen-bond acceptors (Lipinski definition) is 2. The fourth-order valence-electron chi connectivity index (χ4n) is 1.76. The topological polar surface area (TPSA) is 29.3 Å². The summed E-state index contributed by atoms with van der Waals surface area (Å²) < 4.78 is 4.84. The number of amides is 1. The van der Waals surface area contributed by atoms with Gasteiger partial charge in [0.05, 0.1) is 5.54 Å². The molecule has 0 aliphatic carbocycles. The first-order chi connectivity index (χ1) is 4.50. The second kappa shape index (κ2) is 1.18. The first kappa shape index (κ1) is 6.01. The number of carbonyl (C=O) groups excluding carboxylic acids is 1. The molecule has 0 spiro atoms. The highest BCUT2D eigenvalue weighted by Crippen LogP contribution is 2.55. The molecular formula is C7H11NO2. The zero-order chi connectivity index (χ0) is 7.57. The Morgan fingerprint density at radius 1 is 1.50 bits per heavy atom. The molecule has 0 radical (unpaired) electrons. The molecule has 2 heterocycles. The molecule has 56 valence electrons. The number of fused-ring (bicyclic) bond motifs is 1. The van der Waals surface area contributed by atoms with Gasteiger partial charge in [-0.15, -0.1) is 0 Å². The fraction of sp³-hybridized carbons (Fsp3) is 0.857. The van der Waals surface area contributed by atoms with Crippen LogP contribution in [0.15, 0.2) is 0 Å². The highest BCUT2D eigenvalue weighted by atomic mass is 16.6. The summed E-state index contributed by atoms with van der Waals surface area (Å²) in [5, 5.41) is 0. The fourth-order valence-corrected chi connectivity index (χ4v) is 1.76. The Labute approximate surface area is 60.0 Å². The van der Waals surface area contributed by atoms with Crippen molar-refractivity contribution in [1.82, 2.24) is 4.90 Å². The quantitative estimate of drug-likeness (QED) is 0.471. The van der Waals surface area contributed by atoms with Gasteiger partial charge in [-0.25, -0.2) is 4.79 Å². The lowest BCUT2D eigenvalue weighted by Gasteiger charge is -2.08. The molecule has 2 fully saturated rings. The van der Waals surface area contributed by atoms with Gasteiger partial charge in [0.15, 0.2) is 0 Å². The van der Waals surface area contributed by atoms with Crippen molar-refractivity contribution in [3.63, 3.8) is 0 Å². The smallest absolute Gasteiger partial charge is 0.411 e. The van der Waals surface area contributed by atoms with Crippen molar-refractivity contribution in [3.8, 4) is 0 Å². The Bertz CT molecular complexity index is 212. The maximum atomic E-state index is 10.9. The summed E-state index contributed by atoms with van der Waals surface area (Å²) in [5.74, 6) is 0. The minimum absolute atomic E-state index is 0.00984. The molecule has 0 aromatic heterocycles. The minimum Gasteiger partial charge on any atom is -0.447 e. The van der Waals surface area contributed by atoms with Gasteiger partial charge >= 0.3 is 6.09 Å². The molecule has 0 bridgehead atoms. The largest absolute Gasteiger partial charge is 0.447 e. The Hall–Kier alpha value is -0.730. The Morgan fingerprint density at radius 2 is 2.10 bits per heavy atom. The maximum Gasteiger partial charge on any atom is 0.411 e. The molecule has 1 amide bonds. The number of nitrogens with zero attached hydrogens (tertiary/aromatic N) is 1. The summed E-state index contributed by atoms with van der Waals surface area (Å²) in [6.45, 7) is 6.73. The van der Waals surface area contributed by atoms with Crippen LogP contribution in [-0.2, 0) is 4.74 Å². The van der Waals surface area contributed by atoms with E-state index < -0.39 is 0 Å². The molecule has 2 aliphatic heterocycles. The monoisotopic (exact) mass is 141 g/mol. The van der Waals surface area contributed by atoms with E-state index in [2.05, 4.69) is 20.8 Å². The lowest BCUT2D eigenvalue weighted by atomic mass is 10.00. The van der Waals surface area contributed by atoms with E-state index in [-0.39, 0.29) is 17.2 Å². The van der Waals surface area contributed by atoms with Gasteiger partial charge in [0, 0.05) is 0 Å². The predicted octanol–water partition coefficient (Wildman–Crippen LogP) is 0.989. The SMILES string of the molecule is CC1(C)N2C(=O)OC[C@@]21C. The Balaban J connectivity index is 2.35. The molecule has 1 atom stereocenters. The second-order valence-corrected chi connectivity index (χ2v) is 3.72. The summed E-state index contributed by atoms with van der Waals surface area (Å²) in [5.41, 5.74) is 0.0203. The summed E-state index contributed by atoms with van der Waals surface area (Å²) in [6.07, 6.45) is -0.160. The van der Waals surface area contributed by atoms with Gasteiger partial charge in [-0.3, -0.25) is 4.90 Å². The molecule has 0 saturated carbocycles. The number of hydrogen-bond donors (Lipinski definition) is 0. The van der Waals surface area contributed by atoms with Crippen LogP contribution in [0, 0.1) is 0 Å². The van der Waals surface area contributed by atoms with E-state index in [0.29, 0.717) is 6.61 Å². The van der Waals surface area contributed by atoms with Crippen LogP contribution in [0.1, 0.15) is 20.8 Å². The standard InChI is InChI=1S/C7H11NO2/c1-6(2)7(3)4-10-5(9)8(6)7/h4H2,1-3H3/t7-,8?/m1/s1. The van der Waals surface area contributed by atoms with Crippen LogP contribution in [0.5, 0.6) is 0 Å². The van der Waals surface area contributed by atoms with Crippen molar-refractivity contribution >= 4 is 6.09 Å². The Kier molecular flexibility index (Phi) is 0.708. The van der Waals surface area contributed by atoms with Gasteiger partial charge < -0.3 is 4.74 Å². The van der Waals surface area contributed by atoms with Crippen LogP contribution in [0.2, 0.25) is 0 Å². The maximum absolute atomic E-state index is 10.9. The molecule has 0 aromatic carbocycles. The van der Waals surface area contributed by atoms with Gasteiger partial charge in [-0.05, 0) is 20.8 Å². The molecule has 2 aliphatic rings. The van der Waals surface area contributed by atoms with E-state index in [1.165, 1.54) is 0 Å². The highest BCUT2D eigenvalue weighted by molar-refractivity contribution is 5.78. The van der Waals surface area contributed by atoms with Gasteiger partial charge in [0.25, 0.3) is 0 Å². The normalized spacial score (nSPS) is 41.1. The zero-order valence-corrected chi connectivity index (χ0v) is 6.47. The first-order valence-electron chi connectivity index (χ1n) is 3.47. The summed E-state index contributed by atoms with van der Waals surface area (Å²) in [4.78, 5) is 12.7. The van der Waals surface area contributed by atoms with Crippen LogP contribution in [0.3, 0.4) is 0 Å². The van der Waals surface area contributed by atoms with Crippen molar-refractivity contribution < 1.29 is 9.53 Å². The van der Waals surface area contributed by atoms with Crippen LogP contribution in [0.25, 0.3) is 0 Å². The summed E-state index contributed by atoms with van der Waals surface area (Å²) >= 11 is 0.